The van der Waals surface area contributed by atoms with Crippen LogP contribution in [0.3, 0.4) is 0 Å². The zero-order valence-corrected chi connectivity index (χ0v) is 29.1. The first kappa shape index (κ1) is 37.4. The van der Waals surface area contributed by atoms with Crippen LogP contribution in [0.5, 0.6) is 11.8 Å². The van der Waals surface area contributed by atoms with Gasteiger partial charge in [0.2, 0.25) is 6.43 Å². The van der Waals surface area contributed by atoms with Gasteiger partial charge in [0.05, 0.1) is 13.2 Å². The minimum Gasteiger partial charge on any atom is -0.508 e. The maximum absolute atomic E-state index is 17.0. The summed E-state index contributed by atoms with van der Waals surface area (Å²) in [6, 6.07) is 8.08. The Bertz CT molecular complexity index is 2010. The molecule has 2 fully saturated rings. The van der Waals surface area contributed by atoms with Crippen molar-refractivity contribution in [2.24, 2.45) is 11.3 Å². The summed E-state index contributed by atoms with van der Waals surface area (Å²) in [5, 5.41) is 11.6. The highest BCUT2D eigenvalue weighted by Gasteiger charge is 2.47. The first-order valence-electron chi connectivity index (χ1n) is 17.0. The highest BCUT2D eigenvalue weighted by Crippen LogP contribution is 2.43. The number of ether oxygens (including phenoxy) is 2. The molecule has 0 saturated carbocycles. The third kappa shape index (κ3) is 7.15. The molecule has 1 N–H and O–H groups in total. The van der Waals surface area contributed by atoms with E-state index in [-0.39, 0.29) is 91.5 Å². The van der Waals surface area contributed by atoms with Crippen molar-refractivity contribution in [3.05, 3.63) is 53.6 Å². The van der Waals surface area contributed by atoms with Crippen molar-refractivity contribution in [1.29, 1.82) is 0 Å². The number of hydrogen-bond acceptors (Lipinski definition) is 8. The number of fused-ring (bicyclic) bond motifs is 2. The number of halogens is 7. The zero-order valence-electron chi connectivity index (χ0n) is 29.1. The number of likely N-dealkylation sites (tertiary alicyclic amines) is 1. The predicted octanol–water partition coefficient (Wildman–Crippen LogP) is 8.06. The highest BCUT2D eigenvalue weighted by molar-refractivity contribution is 6.03. The van der Waals surface area contributed by atoms with Gasteiger partial charge in [0.1, 0.15) is 28.5 Å². The molecule has 0 amide bonds. The van der Waals surface area contributed by atoms with E-state index in [9.17, 15) is 31.9 Å². The van der Waals surface area contributed by atoms with Crippen LogP contribution in [0.15, 0.2) is 36.4 Å². The molecule has 0 bridgehead atoms. The average molecular weight is 737 g/mol. The standard InChI is InChI=1S/C37H39F7N4O4/c1-5-22-27(38)10-7-20-15-21(49)16-25(28(20)22)23-8-9-24-30(29(23)39)45-34(51-19-35(2)17-47(4)14-11-26(35)31(40)41)46-32(24)48-13-6-12-36(3,18-48)52-33(50)37(42,43)44/h7-10,15-16,26,31,49H,5-6,11-14,17-19H2,1-4H3/t26-,35+,36-/m1/s1. The van der Waals surface area contributed by atoms with Gasteiger partial charge in [0.25, 0.3) is 0 Å². The van der Waals surface area contributed by atoms with Gasteiger partial charge in [-0.05, 0) is 92.4 Å². The van der Waals surface area contributed by atoms with Gasteiger partial charge in [-0.3, -0.25) is 0 Å². The molecule has 0 aliphatic carbocycles. The van der Waals surface area contributed by atoms with Crippen LogP contribution in [0.4, 0.5) is 36.6 Å². The first-order valence-corrected chi connectivity index (χ1v) is 17.0. The monoisotopic (exact) mass is 736 g/mol. The van der Waals surface area contributed by atoms with Gasteiger partial charge in [-0.25, -0.2) is 22.4 Å². The SMILES string of the molecule is CCc1c(F)ccc2cc(O)cc(-c3ccc4c(N5CCC[C@@](C)(OC(=O)C(F)(F)F)C5)nc(OC[C@]5(C)CN(C)CC[C@@H]5C(F)F)nc4c3F)c12. The molecule has 2 aliphatic heterocycles. The van der Waals surface area contributed by atoms with Crippen molar-refractivity contribution < 1.29 is 50.1 Å². The molecule has 3 aromatic carbocycles. The number of anilines is 1. The summed E-state index contributed by atoms with van der Waals surface area (Å²) in [5.74, 6) is -4.87. The Hall–Kier alpha value is -4.40. The number of hydrogen-bond donors (Lipinski definition) is 1. The number of phenolic OH excluding ortho intramolecular Hbond substituents is 1. The Morgan fingerprint density at radius 3 is 2.50 bits per heavy atom. The molecule has 6 rings (SSSR count). The number of alkyl halides is 5. The highest BCUT2D eigenvalue weighted by atomic mass is 19.4. The maximum atomic E-state index is 17.0. The number of carbonyl (C=O) groups is 1. The summed E-state index contributed by atoms with van der Waals surface area (Å²) in [6.07, 6.45) is -6.97. The Balaban J connectivity index is 1.49. The molecule has 280 valence electrons. The van der Waals surface area contributed by atoms with Crippen LogP contribution >= 0.6 is 0 Å². The number of piperidine rings is 2. The minimum atomic E-state index is -5.22. The van der Waals surface area contributed by atoms with E-state index in [0.717, 1.165) is 0 Å². The number of nitrogens with zero attached hydrogens (tertiary/aromatic N) is 4. The second-order valence-corrected chi connectivity index (χ2v) is 14.4. The van der Waals surface area contributed by atoms with Crippen LogP contribution in [-0.4, -0.2) is 84.0 Å². The van der Waals surface area contributed by atoms with Gasteiger partial charge in [0, 0.05) is 35.4 Å². The number of phenols is 1. The van der Waals surface area contributed by atoms with Gasteiger partial charge in [0.15, 0.2) is 5.82 Å². The van der Waals surface area contributed by atoms with E-state index in [0.29, 0.717) is 22.9 Å². The number of benzene rings is 3. The molecule has 8 nitrogen and oxygen atoms in total. The Kier molecular flexibility index (Phi) is 9.96. The summed E-state index contributed by atoms with van der Waals surface area (Å²) in [4.78, 5) is 24.2. The number of carbonyl (C=O) groups excluding carboxylic acids is 1. The van der Waals surface area contributed by atoms with E-state index in [2.05, 4.69) is 9.97 Å². The largest absolute Gasteiger partial charge is 0.508 e. The lowest BCUT2D eigenvalue weighted by Crippen LogP contribution is -2.51. The summed E-state index contributed by atoms with van der Waals surface area (Å²) in [7, 11) is 1.81. The molecule has 15 heteroatoms. The molecule has 3 heterocycles. The fraction of sp³-hybridized carbons (Fsp3) is 0.486. The van der Waals surface area contributed by atoms with Gasteiger partial charge >= 0.3 is 18.2 Å². The maximum Gasteiger partial charge on any atom is 0.490 e. The molecule has 0 radical (unpaired) electrons. The quantitative estimate of drug-likeness (QED) is 0.144. The van der Waals surface area contributed by atoms with Crippen LogP contribution in [0.25, 0.3) is 32.8 Å². The Labute approximate surface area is 295 Å². The Morgan fingerprint density at radius 1 is 1.06 bits per heavy atom. The number of aromatic hydroxyl groups is 1. The van der Waals surface area contributed by atoms with E-state index in [4.69, 9.17) is 9.47 Å². The summed E-state index contributed by atoms with van der Waals surface area (Å²) >= 11 is 0. The smallest absolute Gasteiger partial charge is 0.490 e. The van der Waals surface area contributed by atoms with E-state index < -0.39 is 47.1 Å². The van der Waals surface area contributed by atoms with Crippen LogP contribution < -0.4 is 9.64 Å². The lowest BCUT2D eigenvalue weighted by molar-refractivity contribution is -0.213. The molecule has 0 spiro atoms. The number of aryl methyl sites for hydroxylation is 1. The van der Waals surface area contributed by atoms with Gasteiger partial charge < -0.3 is 24.4 Å². The summed E-state index contributed by atoms with van der Waals surface area (Å²) < 4.78 is 111. The summed E-state index contributed by atoms with van der Waals surface area (Å²) in [5.41, 5.74) is -2.44. The fourth-order valence-electron chi connectivity index (χ4n) is 7.78. The predicted molar refractivity (Wildman–Crippen MR) is 181 cm³/mol. The van der Waals surface area contributed by atoms with Gasteiger partial charge in [-0.1, -0.05) is 26.0 Å². The van der Waals surface area contributed by atoms with Crippen molar-refractivity contribution in [1.82, 2.24) is 14.9 Å². The van der Waals surface area contributed by atoms with E-state index in [1.54, 1.807) is 25.8 Å². The second-order valence-electron chi connectivity index (χ2n) is 14.4. The molecule has 1 aromatic heterocycles. The van der Waals surface area contributed by atoms with Crippen LogP contribution in [0.2, 0.25) is 0 Å². The van der Waals surface area contributed by atoms with Crippen LogP contribution in [0, 0.1) is 23.0 Å². The van der Waals surface area contributed by atoms with Crippen molar-refractivity contribution in [3.63, 3.8) is 0 Å². The molecular formula is C37H39F7N4O4. The molecular weight excluding hydrogens is 697 g/mol. The van der Waals surface area contributed by atoms with E-state index >= 15 is 8.78 Å². The summed E-state index contributed by atoms with van der Waals surface area (Å²) in [6.45, 7) is 5.27. The lowest BCUT2D eigenvalue weighted by Gasteiger charge is -2.44. The average Bonchev–Trinajstić information content (AvgIpc) is 3.06. The van der Waals surface area contributed by atoms with E-state index in [1.807, 2.05) is 4.90 Å². The normalized spacial score (nSPS) is 23.1. The molecule has 52 heavy (non-hydrogen) atoms. The van der Waals surface area contributed by atoms with Gasteiger partial charge in [-0.2, -0.15) is 23.1 Å². The molecule has 2 saturated heterocycles. The second kappa shape index (κ2) is 13.9. The number of rotatable bonds is 8. The topological polar surface area (TPSA) is 88.0 Å². The van der Waals surface area contributed by atoms with Crippen molar-refractivity contribution in [3.8, 4) is 22.9 Å². The van der Waals surface area contributed by atoms with Crippen molar-refractivity contribution in [2.45, 2.75) is 64.7 Å². The van der Waals surface area contributed by atoms with Crippen LogP contribution in [-0.2, 0) is 16.0 Å². The fourth-order valence-corrected chi connectivity index (χ4v) is 7.78. The third-order valence-corrected chi connectivity index (χ3v) is 10.3. The van der Waals surface area contributed by atoms with Crippen molar-refractivity contribution >= 4 is 33.5 Å². The van der Waals surface area contributed by atoms with Gasteiger partial charge in [-0.15, -0.1) is 0 Å². The Morgan fingerprint density at radius 2 is 1.81 bits per heavy atom. The third-order valence-electron chi connectivity index (χ3n) is 10.3. The molecule has 0 unspecified atom stereocenters. The molecule has 3 atom stereocenters. The molecule has 2 aliphatic rings. The van der Waals surface area contributed by atoms with Crippen LogP contribution in [0.1, 0.15) is 45.6 Å². The first-order chi connectivity index (χ1) is 24.4. The number of esters is 1. The molecule has 4 aromatic rings. The van der Waals surface area contributed by atoms with E-state index in [1.165, 1.54) is 43.3 Å². The van der Waals surface area contributed by atoms with Crippen molar-refractivity contribution in [2.75, 3.05) is 44.7 Å². The lowest BCUT2D eigenvalue weighted by atomic mass is 9.73. The minimum absolute atomic E-state index is 0.0366. The zero-order chi connectivity index (χ0) is 37.7. The number of aromatic nitrogens is 2.